The Kier molecular flexibility index (Phi) is 6.31. The first-order chi connectivity index (χ1) is 13.0. The first-order valence-electron chi connectivity index (χ1n) is 9.39. The Labute approximate surface area is 165 Å². The van der Waals surface area contributed by atoms with Gasteiger partial charge in [0.05, 0.1) is 5.25 Å². The quantitative estimate of drug-likeness (QED) is 0.562. The van der Waals surface area contributed by atoms with Crippen molar-refractivity contribution in [3.05, 3.63) is 37.2 Å². The number of nitrogens with zero attached hydrogens (tertiary/aromatic N) is 5. The zero-order valence-electron chi connectivity index (χ0n) is 16.2. The van der Waals surface area contributed by atoms with Gasteiger partial charge in [-0.3, -0.25) is 14.3 Å². The lowest BCUT2D eigenvalue weighted by Crippen LogP contribution is -2.45. The molecule has 3 heterocycles. The van der Waals surface area contributed by atoms with Crippen LogP contribution in [0.2, 0.25) is 0 Å². The number of amides is 1. The Bertz CT molecular complexity index is 781. The minimum absolute atomic E-state index is 0.178. The van der Waals surface area contributed by atoms with Crippen molar-refractivity contribution in [2.45, 2.75) is 44.1 Å². The Morgan fingerprint density at radius 1 is 1.30 bits per heavy atom. The molecule has 0 N–H and O–H groups in total. The molecule has 27 heavy (non-hydrogen) atoms. The van der Waals surface area contributed by atoms with Gasteiger partial charge in [-0.2, -0.15) is 0 Å². The molecule has 1 fully saturated rings. The minimum atomic E-state index is -0.208. The van der Waals surface area contributed by atoms with Gasteiger partial charge >= 0.3 is 0 Å². The molecular formula is C20H27N5OS. The molecule has 2 aromatic heterocycles. The molecule has 7 heteroatoms. The van der Waals surface area contributed by atoms with Crippen LogP contribution in [0.15, 0.2) is 42.3 Å². The molecule has 1 aliphatic rings. The molecular weight excluding hydrogens is 358 g/mol. The number of likely N-dealkylation sites (tertiary alicyclic amines) is 1. The number of carbonyl (C=O) groups excluding carboxylic acids is 1. The number of aromatic nitrogens is 4. The van der Waals surface area contributed by atoms with E-state index in [0.29, 0.717) is 18.4 Å². The molecule has 1 amide bonds. The first kappa shape index (κ1) is 19.6. The van der Waals surface area contributed by atoms with Gasteiger partial charge in [0.1, 0.15) is 0 Å². The third-order valence-electron chi connectivity index (χ3n) is 4.78. The summed E-state index contributed by atoms with van der Waals surface area (Å²) in [4.78, 5) is 19.0. The predicted octanol–water partition coefficient (Wildman–Crippen LogP) is 3.51. The van der Waals surface area contributed by atoms with E-state index in [9.17, 15) is 4.79 Å². The SMILES string of the molecule is C=CCn1c(SC(C)C(=O)N2CC(C)CC(C)C2)nnc1-c1ccncc1. The van der Waals surface area contributed by atoms with Gasteiger partial charge in [0, 0.05) is 37.6 Å². The van der Waals surface area contributed by atoms with Crippen molar-refractivity contribution in [2.75, 3.05) is 13.1 Å². The lowest BCUT2D eigenvalue weighted by molar-refractivity contribution is -0.132. The Morgan fingerprint density at radius 2 is 1.96 bits per heavy atom. The van der Waals surface area contributed by atoms with E-state index >= 15 is 0 Å². The third-order valence-corrected chi connectivity index (χ3v) is 5.85. The van der Waals surface area contributed by atoms with E-state index in [4.69, 9.17) is 0 Å². The van der Waals surface area contributed by atoms with Crippen LogP contribution in [0.1, 0.15) is 27.2 Å². The van der Waals surface area contributed by atoms with Crippen LogP contribution in [0.3, 0.4) is 0 Å². The molecule has 3 atom stereocenters. The molecule has 0 saturated carbocycles. The fourth-order valence-electron chi connectivity index (χ4n) is 3.69. The summed E-state index contributed by atoms with van der Waals surface area (Å²) in [5.41, 5.74) is 0.948. The van der Waals surface area contributed by atoms with Gasteiger partial charge in [-0.05, 0) is 37.3 Å². The summed E-state index contributed by atoms with van der Waals surface area (Å²) in [6.45, 7) is 12.5. The van der Waals surface area contributed by atoms with E-state index in [1.807, 2.05) is 34.6 Å². The van der Waals surface area contributed by atoms with Crippen LogP contribution < -0.4 is 0 Å². The summed E-state index contributed by atoms with van der Waals surface area (Å²) in [7, 11) is 0. The summed E-state index contributed by atoms with van der Waals surface area (Å²) >= 11 is 1.46. The number of piperidine rings is 1. The highest BCUT2D eigenvalue weighted by molar-refractivity contribution is 8.00. The van der Waals surface area contributed by atoms with Gasteiger partial charge in [0.15, 0.2) is 11.0 Å². The maximum atomic E-state index is 13.0. The fourth-order valence-corrected chi connectivity index (χ4v) is 4.63. The number of allylic oxidation sites excluding steroid dienone is 1. The van der Waals surface area contributed by atoms with Crippen LogP contribution in [0.25, 0.3) is 11.4 Å². The second-order valence-electron chi connectivity index (χ2n) is 7.39. The highest BCUT2D eigenvalue weighted by atomic mass is 32.2. The molecule has 1 aliphatic heterocycles. The second-order valence-corrected chi connectivity index (χ2v) is 8.70. The van der Waals surface area contributed by atoms with E-state index in [1.54, 1.807) is 12.4 Å². The Balaban J connectivity index is 1.77. The van der Waals surface area contributed by atoms with Gasteiger partial charge in [0.2, 0.25) is 5.91 Å². The average molecular weight is 386 g/mol. The van der Waals surface area contributed by atoms with Crippen molar-refractivity contribution in [3.8, 4) is 11.4 Å². The van der Waals surface area contributed by atoms with Crippen molar-refractivity contribution in [3.63, 3.8) is 0 Å². The predicted molar refractivity (Wildman–Crippen MR) is 108 cm³/mol. The molecule has 0 spiro atoms. The highest BCUT2D eigenvalue weighted by Gasteiger charge is 2.29. The number of rotatable bonds is 6. The standard InChI is InChI=1S/C20H27N5OS/c1-5-10-25-18(17-6-8-21-9-7-17)22-23-20(25)27-16(4)19(26)24-12-14(2)11-15(3)13-24/h5-9,14-16H,1,10-13H2,2-4H3. The third kappa shape index (κ3) is 4.58. The average Bonchev–Trinajstić information content (AvgIpc) is 3.03. The minimum Gasteiger partial charge on any atom is -0.341 e. The number of carbonyl (C=O) groups is 1. The summed E-state index contributed by atoms with van der Waals surface area (Å²) in [5, 5.41) is 9.22. The number of hydrogen-bond donors (Lipinski definition) is 0. The van der Waals surface area contributed by atoms with E-state index < -0.39 is 0 Å². The Morgan fingerprint density at radius 3 is 2.59 bits per heavy atom. The van der Waals surface area contributed by atoms with Crippen LogP contribution in [0.5, 0.6) is 0 Å². The van der Waals surface area contributed by atoms with Crippen molar-refractivity contribution in [1.29, 1.82) is 0 Å². The second kappa shape index (κ2) is 8.69. The van der Waals surface area contributed by atoms with Gasteiger partial charge in [-0.15, -0.1) is 16.8 Å². The summed E-state index contributed by atoms with van der Waals surface area (Å²) in [5.74, 6) is 2.05. The van der Waals surface area contributed by atoms with Crippen LogP contribution in [0, 0.1) is 11.8 Å². The molecule has 1 saturated heterocycles. The lowest BCUT2D eigenvalue weighted by Gasteiger charge is -2.36. The number of pyridine rings is 1. The van der Waals surface area contributed by atoms with Gasteiger partial charge in [0.25, 0.3) is 0 Å². The van der Waals surface area contributed by atoms with E-state index in [-0.39, 0.29) is 11.2 Å². The topological polar surface area (TPSA) is 63.9 Å². The van der Waals surface area contributed by atoms with E-state index in [1.165, 1.54) is 18.2 Å². The lowest BCUT2D eigenvalue weighted by atomic mass is 9.92. The summed E-state index contributed by atoms with van der Waals surface area (Å²) < 4.78 is 2.00. The molecule has 6 nitrogen and oxygen atoms in total. The van der Waals surface area contributed by atoms with Crippen molar-refractivity contribution >= 4 is 17.7 Å². The normalized spacial score (nSPS) is 21.1. The number of thioether (sulfide) groups is 1. The molecule has 2 aromatic rings. The van der Waals surface area contributed by atoms with Crippen molar-refractivity contribution in [1.82, 2.24) is 24.6 Å². The Hall–Kier alpha value is -2.15. The maximum Gasteiger partial charge on any atom is 0.235 e. The highest BCUT2D eigenvalue weighted by Crippen LogP contribution is 2.29. The largest absolute Gasteiger partial charge is 0.341 e. The van der Waals surface area contributed by atoms with Gasteiger partial charge in [-0.25, -0.2) is 0 Å². The van der Waals surface area contributed by atoms with Crippen LogP contribution in [-0.2, 0) is 11.3 Å². The molecule has 0 radical (unpaired) electrons. The first-order valence-corrected chi connectivity index (χ1v) is 10.3. The maximum absolute atomic E-state index is 13.0. The monoisotopic (exact) mass is 385 g/mol. The van der Waals surface area contributed by atoms with Gasteiger partial charge < -0.3 is 4.90 Å². The fraction of sp³-hybridized carbons (Fsp3) is 0.500. The number of hydrogen-bond acceptors (Lipinski definition) is 5. The molecule has 0 aromatic carbocycles. The van der Waals surface area contributed by atoms with Crippen molar-refractivity contribution < 1.29 is 4.79 Å². The molecule has 0 aliphatic carbocycles. The zero-order chi connectivity index (χ0) is 19.4. The molecule has 3 rings (SSSR count). The van der Waals surface area contributed by atoms with Crippen LogP contribution >= 0.6 is 11.8 Å². The summed E-state index contributed by atoms with van der Waals surface area (Å²) in [6, 6.07) is 3.81. The van der Waals surface area contributed by atoms with E-state index in [0.717, 1.165) is 29.6 Å². The molecule has 144 valence electrons. The molecule has 0 bridgehead atoms. The molecule has 3 unspecified atom stereocenters. The summed E-state index contributed by atoms with van der Waals surface area (Å²) in [6.07, 6.45) is 6.48. The van der Waals surface area contributed by atoms with Crippen LogP contribution in [-0.4, -0.2) is 48.9 Å². The van der Waals surface area contributed by atoms with Crippen LogP contribution in [0.4, 0.5) is 0 Å². The van der Waals surface area contributed by atoms with Crippen molar-refractivity contribution in [2.24, 2.45) is 11.8 Å². The van der Waals surface area contributed by atoms with Gasteiger partial charge in [-0.1, -0.05) is 31.7 Å². The zero-order valence-corrected chi connectivity index (χ0v) is 17.0. The van der Waals surface area contributed by atoms with E-state index in [2.05, 4.69) is 35.6 Å². The smallest absolute Gasteiger partial charge is 0.235 e.